The summed E-state index contributed by atoms with van der Waals surface area (Å²) in [6.07, 6.45) is 2.78. The van der Waals surface area contributed by atoms with Crippen molar-refractivity contribution >= 4 is 17.5 Å². The molecule has 0 unspecified atom stereocenters. The van der Waals surface area contributed by atoms with Crippen molar-refractivity contribution in [1.29, 1.82) is 0 Å². The third kappa shape index (κ3) is 5.41. The number of hydrogen-bond donors (Lipinski definition) is 1. The van der Waals surface area contributed by atoms with E-state index in [-0.39, 0.29) is 5.91 Å². The van der Waals surface area contributed by atoms with Crippen LogP contribution >= 0.6 is 11.6 Å². The van der Waals surface area contributed by atoms with Crippen LogP contribution in [0.25, 0.3) is 0 Å². The highest BCUT2D eigenvalue weighted by molar-refractivity contribution is 6.17. The zero-order chi connectivity index (χ0) is 13.2. The Bertz CT molecular complexity index is 369. The van der Waals surface area contributed by atoms with Gasteiger partial charge in [0.15, 0.2) is 0 Å². The molecule has 0 bridgehead atoms. The summed E-state index contributed by atoms with van der Waals surface area (Å²) in [5, 5.41) is 2.86. The molecule has 4 heteroatoms. The lowest BCUT2D eigenvalue weighted by molar-refractivity contribution is 0.0952. The van der Waals surface area contributed by atoms with E-state index < -0.39 is 0 Å². The highest BCUT2D eigenvalue weighted by Gasteiger charge is 2.05. The minimum absolute atomic E-state index is 0.0634. The zero-order valence-electron chi connectivity index (χ0n) is 10.7. The lowest BCUT2D eigenvalue weighted by Gasteiger charge is -2.07. The Labute approximate surface area is 113 Å². The first-order chi connectivity index (χ1) is 8.77. The van der Waals surface area contributed by atoms with Crippen LogP contribution < -0.4 is 10.1 Å². The number of halogens is 1. The standard InChI is InChI=1S/C14H20ClNO2/c1-2-10-18-13-7-5-6-12(11-13)14(17)16-9-4-3-8-15/h5-7,11H,2-4,8-10H2,1H3,(H,16,17). The van der Waals surface area contributed by atoms with Crippen LogP contribution in [-0.4, -0.2) is 24.9 Å². The first kappa shape index (κ1) is 14.8. The van der Waals surface area contributed by atoms with E-state index in [0.29, 0.717) is 24.6 Å². The number of rotatable bonds is 8. The van der Waals surface area contributed by atoms with Crippen molar-refractivity contribution < 1.29 is 9.53 Å². The second-order valence-corrected chi connectivity index (χ2v) is 4.41. The number of carbonyl (C=O) groups is 1. The number of unbranched alkanes of at least 4 members (excludes halogenated alkanes) is 1. The fraction of sp³-hybridized carbons (Fsp3) is 0.500. The number of amides is 1. The first-order valence-corrected chi connectivity index (χ1v) is 6.88. The van der Waals surface area contributed by atoms with Crippen molar-refractivity contribution in [2.75, 3.05) is 19.0 Å². The fourth-order valence-electron chi connectivity index (χ4n) is 1.47. The van der Waals surface area contributed by atoms with E-state index in [2.05, 4.69) is 5.32 Å². The van der Waals surface area contributed by atoms with Gasteiger partial charge in [0.25, 0.3) is 5.91 Å². The Morgan fingerprint density at radius 3 is 2.94 bits per heavy atom. The van der Waals surface area contributed by atoms with Gasteiger partial charge in [0.2, 0.25) is 0 Å². The number of hydrogen-bond acceptors (Lipinski definition) is 2. The predicted molar refractivity (Wildman–Crippen MR) is 74.5 cm³/mol. The largest absolute Gasteiger partial charge is 0.494 e. The van der Waals surface area contributed by atoms with Crippen molar-refractivity contribution in [3.8, 4) is 5.75 Å². The van der Waals surface area contributed by atoms with Gasteiger partial charge in [0, 0.05) is 18.0 Å². The molecule has 18 heavy (non-hydrogen) atoms. The van der Waals surface area contributed by atoms with E-state index in [1.165, 1.54) is 0 Å². The summed E-state index contributed by atoms with van der Waals surface area (Å²) in [5.41, 5.74) is 0.634. The molecule has 0 fully saturated rings. The van der Waals surface area contributed by atoms with Crippen molar-refractivity contribution in [2.45, 2.75) is 26.2 Å². The van der Waals surface area contributed by atoms with Gasteiger partial charge in [0.1, 0.15) is 5.75 Å². The summed E-state index contributed by atoms with van der Waals surface area (Å²) < 4.78 is 5.49. The van der Waals surface area contributed by atoms with E-state index in [1.807, 2.05) is 19.1 Å². The van der Waals surface area contributed by atoms with Crippen molar-refractivity contribution in [3.63, 3.8) is 0 Å². The maximum atomic E-state index is 11.8. The lowest BCUT2D eigenvalue weighted by atomic mass is 10.2. The second-order valence-electron chi connectivity index (χ2n) is 4.03. The Morgan fingerprint density at radius 1 is 1.39 bits per heavy atom. The minimum atomic E-state index is -0.0634. The number of benzene rings is 1. The van der Waals surface area contributed by atoms with Gasteiger partial charge in [0.05, 0.1) is 6.61 Å². The third-order valence-electron chi connectivity index (χ3n) is 2.42. The Morgan fingerprint density at radius 2 is 2.22 bits per heavy atom. The summed E-state index contributed by atoms with van der Waals surface area (Å²) in [6.45, 7) is 3.37. The molecular formula is C14H20ClNO2. The molecule has 1 aromatic carbocycles. The highest BCUT2D eigenvalue weighted by atomic mass is 35.5. The Kier molecular flexibility index (Phi) is 7.26. The minimum Gasteiger partial charge on any atom is -0.494 e. The summed E-state index contributed by atoms with van der Waals surface area (Å²) in [6, 6.07) is 7.25. The molecule has 1 amide bonds. The normalized spacial score (nSPS) is 10.1. The molecule has 0 radical (unpaired) electrons. The van der Waals surface area contributed by atoms with Crippen LogP contribution in [0.15, 0.2) is 24.3 Å². The quantitative estimate of drug-likeness (QED) is 0.581. The van der Waals surface area contributed by atoms with Gasteiger partial charge < -0.3 is 10.1 Å². The summed E-state index contributed by atoms with van der Waals surface area (Å²) in [5.74, 6) is 1.31. The highest BCUT2D eigenvalue weighted by Crippen LogP contribution is 2.13. The topological polar surface area (TPSA) is 38.3 Å². The molecule has 0 aromatic heterocycles. The van der Waals surface area contributed by atoms with E-state index in [9.17, 15) is 4.79 Å². The lowest BCUT2D eigenvalue weighted by Crippen LogP contribution is -2.24. The molecule has 1 aromatic rings. The summed E-state index contributed by atoms with van der Waals surface area (Å²) in [4.78, 5) is 11.8. The van der Waals surface area contributed by atoms with Gasteiger partial charge in [-0.15, -0.1) is 11.6 Å². The number of ether oxygens (including phenoxy) is 1. The maximum absolute atomic E-state index is 11.8. The molecule has 1 rings (SSSR count). The Hall–Kier alpha value is -1.22. The van der Waals surface area contributed by atoms with Crippen LogP contribution in [0.1, 0.15) is 36.5 Å². The third-order valence-corrected chi connectivity index (χ3v) is 2.68. The van der Waals surface area contributed by atoms with E-state index in [0.717, 1.165) is 25.0 Å². The molecule has 0 saturated heterocycles. The summed E-state index contributed by atoms with van der Waals surface area (Å²) in [7, 11) is 0. The van der Waals surface area contributed by atoms with E-state index >= 15 is 0 Å². The molecule has 0 spiro atoms. The van der Waals surface area contributed by atoms with Crippen LogP contribution in [0.4, 0.5) is 0 Å². The molecule has 0 aliphatic heterocycles. The van der Waals surface area contributed by atoms with Gasteiger partial charge in [-0.05, 0) is 37.5 Å². The Balaban J connectivity index is 2.46. The van der Waals surface area contributed by atoms with Gasteiger partial charge >= 0.3 is 0 Å². The monoisotopic (exact) mass is 269 g/mol. The molecule has 3 nitrogen and oxygen atoms in total. The van der Waals surface area contributed by atoms with Crippen molar-refractivity contribution in [2.24, 2.45) is 0 Å². The van der Waals surface area contributed by atoms with Gasteiger partial charge in [-0.25, -0.2) is 0 Å². The van der Waals surface area contributed by atoms with Crippen LogP contribution in [0.3, 0.4) is 0 Å². The zero-order valence-corrected chi connectivity index (χ0v) is 11.5. The maximum Gasteiger partial charge on any atom is 0.251 e. The average Bonchev–Trinajstić information content (AvgIpc) is 2.41. The van der Waals surface area contributed by atoms with Gasteiger partial charge in [-0.3, -0.25) is 4.79 Å². The number of carbonyl (C=O) groups excluding carboxylic acids is 1. The molecule has 1 N–H and O–H groups in total. The van der Waals surface area contributed by atoms with E-state index in [4.69, 9.17) is 16.3 Å². The molecular weight excluding hydrogens is 250 g/mol. The van der Waals surface area contributed by atoms with Crippen LogP contribution in [0, 0.1) is 0 Å². The van der Waals surface area contributed by atoms with Crippen LogP contribution in [0.5, 0.6) is 5.75 Å². The SMILES string of the molecule is CCCOc1cccc(C(=O)NCCCCCl)c1. The molecule has 0 aliphatic carbocycles. The molecule has 0 heterocycles. The van der Waals surface area contributed by atoms with Crippen molar-refractivity contribution in [1.82, 2.24) is 5.32 Å². The smallest absolute Gasteiger partial charge is 0.251 e. The summed E-state index contributed by atoms with van der Waals surface area (Å²) >= 11 is 5.57. The molecule has 0 aliphatic rings. The number of alkyl halides is 1. The predicted octanol–water partition coefficient (Wildman–Crippen LogP) is 3.22. The average molecular weight is 270 g/mol. The molecule has 0 saturated carbocycles. The molecule has 0 atom stereocenters. The number of nitrogens with one attached hydrogen (secondary N) is 1. The fourth-order valence-corrected chi connectivity index (χ4v) is 1.66. The van der Waals surface area contributed by atoms with Crippen molar-refractivity contribution in [3.05, 3.63) is 29.8 Å². The molecule has 100 valence electrons. The van der Waals surface area contributed by atoms with Crippen LogP contribution in [0.2, 0.25) is 0 Å². The van der Waals surface area contributed by atoms with E-state index in [1.54, 1.807) is 12.1 Å². The first-order valence-electron chi connectivity index (χ1n) is 6.35. The second kappa shape index (κ2) is 8.81. The van der Waals surface area contributed by atoms with Crippen LogP contribution in [-0.2, 0) is 0 Å². The van der Waals surface area contributed by atoms with Gasteiger partial charge in [-0.2, -0.15) is 0 Å². The van der Waals surface area contributed by atoms with Gasteiger partial charge in [-0.1, -0.05) is 13.0 Å².